The molecule has 0 heterocycles. The topological polar surface area (TPSA) is 110 Å². The van der Waals surface area contributed by atoms with Gasteiger partial charge in [0.05, 0.1) is 64.7 Å². The Hall–Kier alpha value is -5.13. The molecule has 1 N–H and O–H groups in total. The molecule has 0 aliphatic carbocycles. The molecule has 0 aliphatic rings. The molecule has 0 spiro atoms. The van der Waals surface area contributed by atoms with Crippen molar-refractivity contribution in [1.82, 2.24) is 0 Å². The summed E-state index contributed by atoms with van der Waals surface area (Å²) in [5.74, 6) is -1.79. The summed E-state index contributed by atoms with van der Waals surface area (Å²) in [6, 6.07) is 9.57. The van der Waals surface area contributed by atoms with Gasteiger partial charge in [-0.1, -0.05) is 18.2 Å². The molecule has 226 valence electrons. The Labute approximate surface area is 244 Å². The third-order valence-corrected chi connectivity index (χ3v) is 6.84. The van der Waals surface area contributed by atoms with E-state index >= 15 is 0 Å². The highest BCUT2D eigenvalue weighted by Gasteiger charge is 2.35. The van der Waals surface area contributed by atoms with Crippen LogP contribution in [0.2, 0.25) is 0 Å². The average Bonchev–Trinajstić information content (AvgIpc) is 3.02. The first-order chi connectivity index (χ1) is 20.5. The number of fused-ring (bicyclic) bond motifs is 1. The van der Waals surface area contributed by atoms with Gasteiger partial charge in [0.1, 0.15) is 5.75 Å². The lowest BCUT2D eigenvalue weighted by molar-refractivity contribution is -0.137. The van der Waals surface area contributed by atoms with Gasteiger partial charge in [-0.25, -0.2) is 4.79 Å². The number of carbonyl (C=O) groups excluding carboxylic acids is 2. The first-order valence-corrected chi connectivity index (χ1v) is 12.5. The maximum Gasteiger partial charge on any atom is 0.416 e. The van der Waals surface area contributed by atoms with Crippen LogP contribution in [0.4, 0.5) is 13.2 Å². The van der Waals surface area contributed by atoms with E-state index in [1.54, 1.807) is 18.2 Å². The van der Waals surface area contributed by atoms with Crippen molar-refractivity contribution in [2.45, 2.75) is 6.18 Å². The molecule has 43 heavy (non-hydrogen) atoms. The molecule has 0 amide bonds. The first kappa shape index (κ1) is 30.8. The predicted molar refractivity (Wildman–Crippen MR) is 150 cm³/mol. The molecule has 0 saturated heterocycles. The van der Waals surface area contributed by atoms with Crippen LogP contribution >= 0.6 is 0 Å². The maximum absolute atomic E-state index is 14.0. The number of methoxy groups -OCH3 is 6. The summed E-state index contributed by atoms with van der Waals surface area (Å²) in [4.78, 5) is 27.5. The third kappa shape index (κ3) is 5.31. The number of hydrogen-bond donors (Lipinski definition) is 1. The maximum atomic E-state index is 14.0. The molecule has 9 nitrogen and oxygen atoms in total. The lowest BCUT2D eigenvalue weighted by Gasteiger charge is -2.22. The van der Waals surface area contributed by atoms with Crippen molar-refractivity contribution < 1.29 is 56.3 Å². The minimum absolute atomic E-state index is 0.0334. The smallest absolute Gasteiger partial charge is 0.416 e. The summed E-state index contributed by atoms with van der Waals surface area (Å²) < 4.78 is 72.1. The van der Waals surface area contributed by atoms with E-state index in [9.17, 15) is 27.9 Å². The fourth-order valence-electron chi connectivity index (χ4n) is 4.87. The second-order valence-corrected chi connectivity index (χ2v) is 9.01. The third-order valence-electron chi connectivity index (χ3n) is 6.84. The predicted octanol–water partition coefficient (Wildman–Crippen LogP) is 6.29. The standard InChI is InChI=1S/C31H27F3O9/c1-38-19-12-9-16(13-20(19)39-2)22-18-14-21(40-3)28(41-4)29(42-5)23(18)27(36)25(24(22)30(37)43-6)26(35)15-7-10-17(11-8-15)31(32,33)34/h7-14,36H,1-6H3. The summed E-state index contributed by atoms with van der Waals surface area (Å²) in [5.41, 5.74) is -1.67. The van der Waals surface area contributed by atoms with Crippen LogP contribution in [0.3, 0.4) is 0 Å². The Bertz CT molecular complexity index is 1710. The van der Waals surface area contributed by atoms with Crippen LogP contribution in [0.5, 0.6) is 34.5 Å². The molecule has 4 aromatic carbocycles. The Morgan fingerprint density at radius 1 is 0.698 bits per heavy atom. The van der Waals surface area contributed by atoms with E-state index in [1.165, 1.54) is 41.6 Å². The van der Waals surface area contributed by atoms with Crippen molar-refractivity contribution in [3.05, 3.63) is 70.8 Å². The molecule has 0 atom stereocenters. The molecule has 0 bridgehead atoms. The Morgan fingerprint density at radius 3 is 1.81 bits per heavy atom. The van der Waals surface area contributed by atoms with E-state index in [4.69, 9.17) is 28.4 Å². The summed E-state index contributed by atoms with van der Waals surface area (Å²) in [5, 5.41) is 11.9. The molecule has 0 radical (unpaired) electrons. The second kappa shape index (κ2) is 12.0. The zero-order valence-corrected chi connectivity index (χ0v) is 24.0. The van der Waals surface area contributed by atoms with Gasteiger partial charge in [-0.15, -0.1) is 0 Å². The molecule has 4 rings (SSSR count). The van der Waals surface area contributed by atoms with Crippen LogP contribution in [-0.2, 0) is 10.9 Å². The van der Waals surface area contributed by atoms with Crippen LogP contribution in [0.25, 0.3) is 21.9 Å². The molecule has 4 aromatic rings. The first-order valence-electron chi connectivity index (χ1n) is 12.5. The molecule has 0 unspecified atom stereocenters. The number of benzene rings is 4. The quantitative estimate of drug-likeness (QED) is 0.175. The van der Waals surface area contributed by atoms with Gasteiger partial charge < -0.3 is 33.5 Å². The highest BCUT2D eigenvalue weighted by molar-refractivity contribution is 6.24. The van der Waals surface area contributed by atoms with E-state index in [0.717, 1.165) is 31.4 Å². The van der Waals surface area contributed by atoms with E-state index < -0.39 is 34.8 Å². The van der Waals surface area contributed by atoms with Crippen molar-refractivity contribution in [3.8, 4) is 45.6 Å². The van der Waals surface area contributed by atoms with Gasteiger partial charge in [0, 0.05) is 16.5 Å². The minimum atomic E-state index is -4.65. The highest BCUT2D eigenvalue weighted by atomic mass is 19.4. The van der Waals surface area contributed by atoms with Gasteiger partial charge in [0.2, 0.25) is 5.75 Å². The van der Waals surface area contributed by atoms with Gasteiger partial charge >= 0.3 is 12.1 Å². The summed E-state index contributed by atoms with van der Waals surface area (Å²) in [6.07, 6.45) is -4.65. The van der Waals surface area contributed by atoms with Crippen LogP contribution < -0.4 is 23.7 Å². The monoisotopic (exact) mass is 600 g/mol. The minimum Gasteiger partial charge on any atom is -0.506 e. The van der Waals surface area contributed by atoms with Crippen LogP contribution in [0.15, 0.2) is 48.5 Å². The number of halogens is 3. The largest absolute Gasteiger partial charge is 0.506 e. The molecule has 0 fully saturated rings. The Balaban J connectivity index is 2.24. The number of phenolic OH excluding ortho intramolecular Hbond substituents is 1. The van der Waals surface area contributed by atoms with Crippen molar-refractivity contribution >= 4 is 22.5 Å². The number of phenols is 1. The molecular weight excluding hydrogens is 573 g/mol. The normalized spacial score (nSPS) is 11.2. The number of ketones is 1. The van der Waals surface area contributed by atoms with Gasteiger partial charge in [-0.3, -0.25) is 4.79 Å². The van der Waals surface area contributed by atoms with E-state index in [0.29, 0.717) is 11.3 Å². The summed E-state index contributed by atoms with van der Waals surface area (Å²) in [7, 11) is 7.96. The highest BCUT2D eigenvalue weighted by Crippen LogP contribution is 2.52. The molecular formula is C31H27F3O9. The Kier molecular flexibility index (Phi) is 8.60. The SMILES string of the molecule is COC(=O)c1c(C(=O)c2ccc(C(F)(F)F)cc2)c(O)c2c(OC)c(OC)c(OC)cc2c1-c1ccc(OC)c(OC)c1. The van der Waals surface area contributed by atoms with Gasteiger partial charge in [-0.05, 0) is 35.9 Å². The van der Waals surface area contributed by atoms with Crippen molar-refractivity contribution in [3.63, 3.8) is 0 Å². The number of hydrogen-bond acceptors (Lipinski definition) is 9. The fourth-order valence-corrected chi connectivity index (χ4v) is 4.87. The van der Waals surface area contributed by atoms with Crippen molar-refractivity contribution in [2.75, 3.05) is 42.7 Å². The Morgan fingerprint density at radius 2 is 1.30 bits per heavy atom. The number of aromatic hydroxyl groups is 1. The summed E-state index contributed by atoms with van der Waals surface area (Å²) in [6.45, 7) is 0. The average molecular weight is 601 g/mol. The lowest BCUT2D eigenvalue weighted by atomic mass is 9.85. The second-order valence-electron chi connectivity index (χ2n) is 9.01. The number of ether oxygens (including phenoxy) is 6. The van der Waals surface area contributed by atoms with Crippen molar-refractivity contribution in [1.29, 1.82) is 0 Å². The fraction of sp³-hybridized carbons (Fsp3) is 0.226. The molecule has 12 heteroatoms. The number of esters is 1. The summed E-state index contributed by atoms with van der Waals surface area (Å²) >= 11 is 0. The van der Waals surface area contributed by atoms with Crippen LogP contribution in [0.1, 0.15) is 31.8 Å². The molecule has 0 aliphatic heterocycles. The number of alkyl halides is 3. The number of rotatable bonds is 9. The zero-order valence-electron chi connectivity index (χ0n) is 24.0. The lowest BCUT2D eigenvalue weighted by Crippen LogP contribution is -2.15. The van der Waals surface area contributed by atoms with Gasteiger partial charge in [-0.2, -0.15) is 13.2 Å². The van der Waals surface area contributed by atoms with E-state index in [-0.39, 0.29) is 50.5 Å². The number of carbonyl (C=O) groups is 2. The van der Waals surface area contributed by atoms with E-state index in [2.05, 4.69) is 0 Å². The van der Waals surface area contributed by atoms with Crippen LogP contribution in [-0.4, -0.2) is 59.5 Å². The van der Waals surface area contributed by atoms with Gasteiger partial charge in [0.15, 0.2) is 28.8 Å². The zero-order chi connectivity index (χ0) is 31.6. The van der Waals surface area contributed by atoms with Gasteiger partial charge in [0.25, 0.3) is 0 Å². The van der Waals surface area contributed by atoms with E-state index in [1.807, 2.05) is 0 Å². The van der Waals surface area contributed by atoms with Crippen LogP contribution in [0, 0.1) is 0 Å². The molecule has 0 saturated carbocycles. The molecule has 0 aromatic heterocycles. The van der Waals surface area contributed by atoms with Crippen molar-refractivity contribution in [2.24, 2.45) is 0 Å².